The van der Waals surface area contributed by atoms with E-state index in [2.05, 4.69) is 61.5 Å². The van der Waals surface area contributed by atoms with Gasteiger partial charge in [0.15, 0.2) is 0 Å². The van der Waals surface area contributed by atoms with Crippen LogP contribution in [0.25, 0.3) is 22.2 Å². The molecule has 8 rings (SSSR count). The molecule has 4 bridgehead atoms. The van der Waals surface area contributed by atoms with Gasteiger partial charge in [-0.1, -0.05) is 39.8 Å². The topological polar surface area (TPSA) is 74.0 Å². The van der Waals surface area contributed by atoms with Gasteiger partial charge in [-0.25, -0.2) is 0 Å². The molecule has 3 aromatic rings. The van der Waals surface area contributed by atoms with Gasteiger partial charge in [-0.15, -0.1) is 0 Å². The molecular weight excluding hydrogens is 530 g/mol. The van der Waals surface area contributed by atoms with Gasteiger partial charge in [-0.2, -0.15) is 0 Å². The average molecular weight is 580 g/mol. The summed E-state index contributed by atoms with van der Waals surface area (Å²) < 4.78 is 0. The third-order valence-electron chi connectivity index (χ3n) is 11.5. The molecule has 4 unspecified atom stereocenters. The van der Waals surface area contributed by atoms with Crippen molar-refractivity contribution in [1.29, 1.82) is 0 Å². The smallest absolute Gasteiger partial charge is 0.251 e. The van der Waals surface area contributed by atoms with Crippen molar-refractivity contribution in [1.82, 2.24) is 10.3 Å². The molecular formula is C38H49N3O2. The van der Waals surface area contributed by atoms with Gasteiger partial charge in [0.05, 0.1) is 5.41 Å². The fraction of sp³-hybridized carbons (Fsp3) is 0.579. The molecule has 0 saturated heterocycles. The summed E-state index contributed by atoms with van der Waals surface area (Å²) in [6.45, 7) is 9.22. The lowest BCUT2D eigenvalue weighted by Crippen LogP contribution is -2.51. The van der Waals surface area contributed by atoms with Crippen molar-refractivity contribution in [3.63, 3.8) is 0 Å². The van der Waals surface area contributed by atoms with E-state index in [0.29, 0.717) is 23.7 Å². The Kier molecular flexibility index (Phi) is 7.42. The molecule has 2 aromatic carbocycles. The number of carbonyl (C=O) groups excluding carboxylic acids is 2. The quantitative estimate of drug-likeness (QED) is 0.262. The lowest BCUT2D eigenvalue weighted by Gasteiger charge is -2.55. The number of benzene rings is 2. The van der Waals surface area contributed by atoms with E-state index in [1.54, 1.807) is 0 Å². The fourth-order valence-corrected chi connectivity index (χ4v) is 10.2. The van der Waals surface area contributed by atoms with E-state index in [-0.39, 0.29) is 23.3 Å². The summed E-state index contributed by atoms with van der Waals surface area (Å²) in [5.74, 6) is 4.91. The molecule has 228 valence electrons. The van der Waals surface area contributed by atoms with E-state index in [4.69, 9.17) is 0 Å². The van der Waals surface area contributed by atoms with Crippen LogP contribution in [-0.2, 0) is 4.79 Å². The maximum Gasteiger partial charge on any atom is 0.251 e. The first-order valence-corrected chi connectivity index (χ1v) is 17.0. The molecule has 1 heterocycles. The number of hydrogen-bond acceptors (Lipinski definition) is 2. The Bertz CT molecular complexity index is 1460. The van der Waals surface area contributed by atoms with Crippen LogP contribution in [0.3, 0.4) is 0 Å². The number of aromatic nitrogens is 1. The van der Waals surface area contributed by atoms with Crippen LogP contribution < -0.4 is 10.6 Å². The standard InChI is InChI=1S/C38H49N3O2/c1-22(2)11-31-13-23(3)12-24(4)35(31)41-36(42)29-7-10-33-30(17-29)18-34(40-33)28-5-8-32(9-6-28)39-37(43)38-19-25-14-26(20-38)16-27(15-25)21-38/h5-10,17-18,22-27,31,35,40H,11-16,19-21H2,1-4H3,(H,39,43)(H,41,42). The molecule has 0 aliphatic heterocycles. The lowest BCUT2D eigenvalue weighted by molar-refractivity contribution is -0.140. The summed E-state index contributed by atoms with van der Waals surface area (Å²) in [4.78, 5) is 30.5. The lowest BCUT2D eigenvalue weighted by atomic mass is 9.49. The van der Waals surface area contributed by atoms with Crippen molar-refractivity contribution >= 4 is 28.4 Å². The van der Waals surface area contributed by atoms with Crippen molar-refractivity contribution in [3.05, 3.63) is 54.1 Å². The summed E-state index contributed by atoms with van der Waals surface area (Å²) in [6.07, 6.45) is 10.8. The molecule has 5 fully saturated rings. The highest BCUT2D eigenvalue weighted by Gasteiger charge is 2.54. The van der Waals surface area contributed by atoms with Gasteiger partial charge in [0, 0.05) is 33.9 Å². The Balaban J connectivity index is 1.03. The Morgan fingerprint density at radius 3 is 2.21 bits per heavy atom. The van der Waals surface area contributed by atoms with Crippen LogP contribution in [0.5, 0.6) is 0 Å². The van der Waals surface area contributed by atoms with Gasteiger partial charge in [0.2, 0.25) is 5.91 Å². The van der Waals surface area contributed by atoms with Crippen molar-refractivity contribution in [2.45, 2.75) is 91.5 Å². The Morgan fingerprint density at radius 1 is 0.884 bits per heavy atom. The van der Waals surface area contributed by atoms with Crippen LogP contribution in [0.2, 0.25) is 0 Å². The highest BCUT2D eigenvalue weighted by Crippen LogP contribution is 2.60. The van der Waals surface area contributed by atoms with Gasteiger partial charge in [-0.05, 0) is 141 Å². The first-order chi connectivity index (χ1) is 20.6. The normalized spacial score (nSPS) is 33.2. The third-order valence-corrected chi connectivity index (χ3v) is 11.5. The van der Waals surface area contributed by atoms with Crippen LogP contribution >= 0.6 is 0 Å². The molecule has 0 radical (unpaired) electrons. The first kappa shape index (κ1) is 28.7. The van der Waals surface area contributed by atoms with Crippen LogP contribution in [0.4, 0.5) is 5.69 Å². The average Bonchev–Trinajstić information content (AvgIpc) is 3.38. The zero-order valence-corrected chi connectivity index (χ0v) is 26.4. The van der Waals surface area contributed by atoms with Crippen molar-refractivity contribution < 1.29 is 9.59 Å². The number of H-pyrrole nitrogens is 1. The number of amides is 2. The summed E-state index contributed by atoms with van der Waals surface area (Å²) in [5.41, 5.74) is 4.55. The van der Waals surface area contributed by atoms with E-state index >= 15 is 0 Å². The van der Waals surface area contributed by atoms with Crippen molar-refractivity contribution in [2.75, 3.05) is 5.32 Å². The van der Waals surface area contributed by atoms with Crippen LogP contribution in [0.15, 0.2) is 48.5 Å². The molecule has 2 amide bonds. The second-order valence-corrected chi connectivity index (χ2v) is 15.7. The number of aromatic amines is 1. The zero-order chi connectivity index (χ0) is 29.9. The number of nitrogens with one attached hydrogen (secondary N) is 3. The monoisotopic (exact) mass is 579 g/mol. The fourth-order valence-electron chi connectivity index (χ4n) is 10.2. The van der Waals surface area contributed by atoms with Crippen LogP contribution in [-0.4, -0.2) is 22.8 Å². The molecule has 3 N–H and O–H groups in total. The molecule has 1 aromatic heterocycles. The third kappa shape index (κ3) is 5.65. The highest BCUT2D eigenvalue weighted by molar-refractivity contribution is 5.99. The minimum atomic E-state index is -0.141. The highest BCUT2D eigenvalue weighted by atomic mass is 16.2. The predicted octanol–water partition coefficient (Wildman–Crippen LogP) is 8.82. The van der Waals surface area contributed by atoms with Gasteiger partial charge >= 0.3 is 0 Å². The minimum absolute atomic E-state index is 0.0314. The van der Waals surface area contributed by atoms with E-state index in [1.807, 2.05) is 30.3 Å². The van der Waals surface area contributed by atoms with E-state index in [0.717, 1.165) is 76.8 Å². The van der Waals surface area contributed by atoms with Crippen LogP contribution in [0, 0.1) is 46.8 Å². The predicted molar refractivity (Wildman–Crippen MR) is 175 cm³/mol. The molecule has 43 heavy (non-hydrogen) atoms. The maximum atomic E-state index is 13.5. The SMILES string of the molecule is CC(C)CC1CC(C)CC(C)C1NC(=O)c1ccc2[nH]c(-c3ccc(NC(=O)C45CC6CC(CC(C6)C4)C5)cc3)cc2c1. The number of rotatable bonds is 7. The number of hydrogen-bond donors (Lipinski definition) is 3. The van der Waals surface area contributed by atoms with Crippen molar-refractivity contribution in [3.8, 4) is 11.3 Å². The van der Waals surface area contributed by atoms with E-state index in [9.17, 15) is 9.59 Å². The molecule has 5 nitrogen and oxygen atoms in total. The molecule has 5 aliphatic carbocycles. The molecule has 0 spiro atoms. The Morgan fingerprint density at radius 2 is 1.56 bits per heavy atom. The second-order valence-electron chi connectivity index (χ2n) is 15.7. The number of carbonyl (C=O) groups is 2. The largest absolute Gasteiger partial charge is 0.355 e. The van der Waals surface area contributed by atoms with Gasteiger partial charge in [0.25, 0.3) is 5.91 Å². The molecule has 4 atom stereocenters. The van der Waals surface area contributed by atoms with Gasteiger partial charge in [0.1, 0.15) is 0 Å². The molecule has 5 heteroatoms. The Hall–Kier alpha value is -3.08. The number of anilines is 1. The molecule has 5 aliphatic rings. The van der Waals surface area contributed by atoms with Gasteiger partial charge < -0.3 is 15.6 Å². The molecule has 5 saturated carbocycles. The van der Waals surface area contributed by atoms with Crippen LogP contribution in [0.1, 0.15) is 95.8 Å². The van der Waals surface area contributed by atoms with E-state index in [1.165, 1.54) is 32.1 Å². The summed E-state index contributed by atoms with van der Waals surface area (Å²) in [7, 11) is 0. The van der Waals surface area contributed by atoms with E-state index < -0.39 is 0 Å². The number of fused-ring (bicyclic) bond motifs is 1. The maximum absolute atomic E-state index is 13.5. The van der Waals surface area contributed by atoms with Crippen molar-refractivity contribution in [2.24, 2.45) is 46.8 Å². The first-order valence-electron chi connectivity index (χ1n) is 17.0. The van der Waals surface area contributed by atoms with Gasteiger partial charge in [-0.3, -0.25) is 9.59 Å². The Labute approximate surface area is 257 Å². The second kappa shape index (κ2) is 11.1. The summed E-state index contributed by atoms with van der Waals surface area (Å²) >= 11 is 0. The zero-order valence-electron chi connectivity index (χ0n) is 26.4. The minimum Gasteiger partial charge on any atom is -0.355 e. The summed E-state index contributed by atoms with van der Waals surface area (Å²) in [5, 5.41) is 7.76. The summed E-state index contributed by atoms with van der Waals surface area (Å²) in [6, 6.07) is 16.5.